The Morgan fingerprint density at radius 1 is 0.925 bits per heavy atom. The molecule has 2 bridgehead atoms. The largest absolute Gasteiger partial charge is 0.384 e. The van der Waals surface area contributed by atoms with Crippen molar-refractivity contribution in [3.8, 4) is 5.82 Å². The van der Waals surface area contributed by atoms with E-state index in [9.17, 15) is 24.3 Å². The molecule has 67 heavy (non-hydrogen) atoms. The molecule has 2 atom stereocenters. The summed E-state index contributed by atoms with van der Waals surface area (Å²) in [5, 5.41) is 17.5. The molecule has 17 heteroatoms. The van der Waals surface area contributed by atoms with E-state index < -0.39 is 22.9 Å². The van der Waals surface area contributed by atoms with Crippen molar-refractivity contribution in [3.05, 3.63) is 111 Å². The first-order valence-corrected chi connectivity index (χ1v) is 24.0. The number of halogens is 2. The second kappa shape index (κ2) is 18.3. The van der Waals surface area contributed by atoms with E-state index in [4.69, 9.17) is 21.6 Å². The number of carbonyl (C=O) groups excluding carboxylic acids is 3. The molecule has 15 nitrogen and oxygen atoms in total. The smallest absolute Gasteiger partial charge is 0.278 e. The molecule has 1 saturated carbocycles. The second-order valence-electron chi connectivity index (χ2n) is 19.4. The van der Waals surface area contributed by atoms with Gasteiger partial charge in [0.1, 0.15) is 16.8 Å². The first-order valence-electron chi connectivity index (χ1n) is 23.6. The Hall–Kier alpha value is -5.97. The lowest BCUT2D eigenvalue weighted by atomic mass is 9.65. The normalized spacial score (nSPS) is 23.6. The third kappa shape index (κ3) is 9.23. The molecule has 1 aliphatic carbocycles. The van der Waals surface area contributed by atoms with Crippen molar-refractivity contribution in [2.45, 2.75) is 89.2 Å². The molecule has 4 aliphatic heterocycles. The molecule has 3 saturated heterocycles. The van der Waals surface area contributed by atoms with E-state index in [0.717, 1.165) is 70.0 Å². The summed E-state index contributed by atoms with van der Waals surface area (Å²) < 4.78 is 17.9. The number of hydrogen-bond donors (Lipinski definition) is 3. The van der Waals surface area contributed by atoms with Crippen LogP contribution in [0.5, 0.6) is 0 Å². The minimum Gasteiger partial charge on any atom is -0.384 e. The number of pyridine rings is 1. The van der Waals surface area contributed by atoms with Crippen molar-refractivity contribution in [2.24, 2.45) is 11.3 Å². The van der Waals surface area contributed by atoms with Crippen LogP contribution in [0.3, 0.4) is 0 Å². The van der Waals surface area contributed by atoms with Crippen molar-refractivity contribution in [1.29, 1.82) is 0 Å². The number of allylic oxidation sites excluding steroid dienone is 2. The third-order valence-electron chi connectivity index (χ3n) is 15.0. The maximum Gasteiger partial charge on any atom is 0.278 e. The average molecular weight is 932 g/mol. The average Bonchev–Trinajstić information content (AvgIpc) is 3.59. The van der Waals surface area contributed by atoms with Gasteiger partial charge in [0.15, 0.2) is 11.5 Å². The van der Waals surface area contributed by atoms with Crippen LogP contribution in [0.25, 0.3) is 16.9 Å². The summed E-state index contributed by atoms with van der Waals surface area (Å²) in [5.41, 5.74) is 2.30. The van der Waals surface area contributed by atoms with Gasteiger partial charge in [-0.15, -0.1) is 0 Å². The van der Waals surface area contributed by atoms with Gasteiger partial charge in [-0.25, -0.2) is 23.7 Å². The Labute approximate surface area is 393 Å². The van der Waals surface area contributed by atoms with Gasteiger partial charge in [0.05, 0.1) is 18.2 Å². The van der Waals surface area contributed by atoms with Crippen LogP contribution in [-0.4, -0.2) is 103 Å². The molecule has 350 valence electrons. The summed E-state index contributed by atoms with van der Waals surface area (Å²) in [7, 11) is 0. The number of aliphatic hydroxyl groups is 1. The van der Waals surface area contributed by atoms with E-state index in [-0.39, 0.29) is 65.9 Å². The van der Waals surface area contributed by atoms with E-state index in [2.05, 4.69) is 37.6 Å². The van der Waals surface area contributed by atoms with Crippen LogP contribution in [-0.2, 0) is 21.7 Å². The summed E-state index contributed by atoms with van der Waals surface area (Å²) >= 11 is 6.48. The highest BCUT2D eigenvalue weighted by molar-refractivity contribution is 6.32. The van der Waals surface area contributed by atoms with E-state index in [0.29, 0.717) is 40.0 Å². The van der Waals surface area contributed by atoms with E-state index in [1.165, 1.54) is 47.3 Å². The number of nitrogens with one attached hydrogen (secondary N) is 2. The molecule has 3 amide bonds. The number of likely N-dealkylation sites (tertiary alicyclic amines) is 1. The number of benzene rings is 2. The predicted octanol–water partition coefficient (Wildman–Crippen LogP) is 6.98. The van der Waals surface area contributed by atoms with Crippen LogP contribution >= 0.6 is 11.6 Å². The summed E-state index contributed by atoms with van der Waals surface area (Å²) in [6, 6.07) is 18.5. The fourth-order valence-corrected chi connectivity index (χ4v) is 11.1. The number of hydrogen-bond acceptors (Lipinski definition) is 11. The van der Waals surface area contributed by atoms with Crippen molar-refractivity contribution >= 4 is 57.7 Å². The number of nitrogens with zero attached hydrogens (tertiary/aromatic N) is 8. The number of imide groups is 1. The summed E-state index contributed by atoms with van der Waals surface area (Å²) in [4.78, 5) is 72.3. The van der Waals surface area contributed by atoms with Crippen molar-refractivity contribution < 1.29 is 23.9 Å². The van der Waals surface area contributed by atoms with Gasteiger partial charge in [0.25, 0.3) is 11.5 Å². The Balaban J connectivity index is 0.710. The third-order valence-corrected chi connectivity index (χ3v) is 15.3. The van der Waals surface area contributed by atoms with Gasteiger partial charge in [-0.1, -0.05) is 23.7 Å². The molecular weight excluding hydrogens is 875 g/mol. The van der Waals surface area contributed by atoms with Gasteiger partial charge in [0, 0.05) is 80.4 Å². The van der Waals surface area contributed by atoms with Crippen molar-refractivity contribution in [1.82, 2.24) is 39.4 Å². The van der Waals surface area contributed by atoms with Gasteiger partial charge in [-0.3, -0.25) is 29.4 Å². The SMILES string of the molecule is C[C@@]1(O)CC/C=C(/F)Cn2c(=O)c3cnc(Nc4ccc(N5CCN(CC6CCC7(CC6)CCN(C(=O)c6ccc(Cl)c(C8CCC(=O)NC8=O)c6)CC7)CC5)cc4)nc3n2-c2cccc1n2. The molecule has 1 spiro atoms. The monoisotopic (exact) mass is 930 g/mol. The number of rotatable bonds is 7. The molecule has 10 rings (SSSR count). The maximum absolute atomic E-state index is 15.1. The number of fused-ring (bicyclic) bond motifs is 6. The van der Waals surface area contributed by atoms with Crippen molar-refractivity contribution in [3.63, 3.8) is 0 Å². The summed E-state index contributed by atoms with van der Waals surface area (Å²) in [6.07, 6.45) is 10.9. The topological polar surface area (TPSA) is 171 Å². The van der Waals surface area contributed by atoms with Crippen molar-refractivity contribution in [2.75, 3.05) is 56.0 Å². The number of piperidine rings is 2. The second-order valence-corrected chi connectivity index (χ2v) is 19.8. The summed E-state index contributed by atoms with van der Waals surface area (Å²) in [5.74, 6) is -0.419. The lowest BCUT2D eigenvalue weighted by molar-refractivity contribution is -0.134. The Bertz CT molecular complexity index is 2800. The zero-order valence-electron chi connectivity index (χ0n) is 37.7. The number of anilines is 3. The first-order chi connectivity index (χ1) is 32.3. The van der Waals surface area contributed by atoms with E-state index in [1.54, 1.807) is 43.3 Å². The molecule has 4 fully saturated rings. The molecule has 7 heterocycles. The van der Waals surface area contributed by atoms with Gasteiger partial charge >= 0.3 is 0 Å². The molecule has 2 aromatic carbocycles. The predicted molar refractivity (Wildman–Crippen MR) is 253 cm³/mol. The lowest BCUT2D eigenvalue weighted by Gasteiger charge is -2.47. The maximum atomic E-state index is 15.1. The molecule has 3 aromatic heterocycles. The van der Waals surface area contributed by atoms with Crippen LogP contribution < -0.4 is 21.1 Å². The van der Waals surface area contributed by atoms with E-state index >= 15 is 4.39 Å². The van der Waals surface area contributed by atoms with Gasteiger partial charge in [-0.05, 0) is 136 Å². The Morgan fingerprint density at radius 3 is 2.43 bits per heavy atom. The first kappa shape index (κ1) is 44.8. The van der Waals surface area contributed by atoms with Gasteiger partial charge in [0.2, 0.25) is 17.8 Å². The highest BCUT2D eigenvalue weighted by Gasteiger charge is 2.40. The molecule has 5 aliphatic rings. The zero-order valence-corrected chi connectivity index (χ0v) is 38.5. The van der Waals surface area contributed by atoms with Crippen LogP contribution in [0.15, 0.2) is 83.6 Å². The van der Waals surface area contributed by atoms with Crippen LogP contribution in [0.4, 0.5) is 21.7 Å². The lowest BCUT2D eigenvalue weighted by Crippen LogP contribution is -2.49. The van der Waals surface area contributed by atoms with Gasteiger partial charge < -0.3 is 20.2 Å². The van der Waals surface area contributed by atoms with Crippen LogP contribution in [0.2, 0.25) is 5.02 Å². The summed E-state index contributed by atoms with van der Waals surface area (Å²) in [6.45, 7) is 7.78. The highest BCUT2D eigenvalue weighted by atomic mass is 35.5. The number of amides is 3. The van der Waals surface area contributed by atoms with Crippen LogP contribution in [0.1, 0.15) is 98.7 Å². The molecule has 3 N–H and O–H groups in total. The zero-order chi connectivity index (χ0) is 46.5. The number of aromatic nitrogens is 5. The van der Waals surface area contributed by atoms with Gasteiger partial charge in [-0.2, -0.15) is 4.98 Å². The standard InChI is InChI=1S/C50H56ClFN10O5/c1-49(67)17-3-4-34(52)31-61-47(66)39-29-53-48(57-44(39)62(61)42-6-2-5-41(49)55-42)54-35-8-10-36(11-9-35)59-26-24-58(25-27-59)30-32-15-18-50(19-16-32)20-22-60(23-21-50)46(65)33-7-13-40(51)38(28-33)37-12-14-43(63)56-45(37)64/h2,4-11,13,28-29,32,37,67H,3,12,14-27,30-31H2,1H3,(H,53,54,57)(H,56,63,64)/b34-4+/t37?,49-/m1/s1. The fourth-order valence-electron chi connectivity index (χ4n) is 10.9. The quantitative estimate of drug-likeness (QED) is 0.144. The molecule has 1 unspecified atom stereocenters. The minimum atomic E-state index is -1.29. The minimum absolute atomic E-state index is 0.0305. The van der Waals surface area contributed by atoms with E-state index in [1.807, 2.05) is 17.0 Å². The Morgan fingerprint density at radius 2 is 1.69 bits per heavy atom. The number of carbonyl (C=O) groups is 3. The number of piperazine rings is 1. The Kier molecular flexibility index (Phi) is 12.2. The van der Waals surface area contributed by atoms with Crippen LogP contribution in [0, 0.1) is 11.3 Å². The molecule has 5 aromatic rings. The molecule has 0 radical (unpaired) electrons. The fraction of sp³-hybridized carbons (Fsp3) is 0.460. The highest BCUT2D eigenvalue weighted by Crippen LogP contribution is 2.47. The molecular formula is C50H56ClFN10O5.